The molecule has 0 aromatic carbocycles. The maximum absolute atomic E-state index is 5.04. The first-order chi connectivity index (χ1) is 5.31. The lowest BCUT2D eigenvalue weighted by Gasteiger charge is -2.04. The first kappa shape index (κ1) is 10.3. The van der Waals surface area contributed by atoms with Gasteiger partial charge < -0.3 is 4.74 Å². The van der Waals surface area contributed by atoms with Gasteiger partial charge in [-0.15, -0.1) is 0 Å². The van der Waals surface area contributed by atoms with Crippen LogP contribution < -0.4 is 0 Å². The molecular weight excluding hydrogens is 140 g/mol. The summed E-state index contributed by atoms with van der Waals surface area (Å²) in [5.74, 6) is 0. The lowest BCUT2D eigenvalue weighted by atomic mass is 10.3. The van der Waals surface area contributed by atoms with Gasteiger partial charge in [0.2, 0.25) is 0 Å². The van der Waals surface area contributed by atoms with Gasteiger partial charge in [0.25, 0.3) is 0 Å². The molecule has 1 unspecified atom stereocenters. The molecule has 0 heterocycles. The Morgan fingerprint density at radius 1 is 1.45 bits per heavy atom. The van der Waals surface area contributed by atoms with Crippen molar-refractivity contribution in [1.82, 2.24) is 0 Å². The Balaban J connectivity index is 3.33. The Kier molecular flexibility index (Phi) is 7.00. The molecule has 0 N–H and O–H groups in total. The summed E-state index contributed by atoms with van der Waals surface area (Å²) in [4.78, 5) is 7.79. The Morgan fingerprint density at radius 2 is 2.18 bits per heavy atom. The molecule has 0 radical (unpaired) electrons. The molecule has 0 bridgehead atoms. The molecular formula is C8H16N2O. The molecule has 11 heavy (non-hydrogen) atoms. The van der Waals surface area contributed by atoms with Gasteiger partial charge in [-0.3, -0.25) is 0 Å². The monoisotopic (exact) mass is 156 g/mol. The third kappa shape index (κ3) is 7.23. The second-order valence-corrected chi connectivity index (χ2v) is 2.29. The van der Waals surface area contributed by atoms with Crippen LogP contribution in [-0.4, -0.2) is 32.3 Å². The van der Waals surface area contributed by atoms with Crippen LogP contribution in [0.3, 0.4) is 0 Å². The summed E-state index contributed by atoms with van der Waals surface area (Å²) in [6, 6.07) is 2.61. The Labute approximate surface area is 68.2 Å². The van der Waals surface area contributed by atoms with E-state index in [2.05, 4.69) is 16.0 Å². The van der Waals surface area contributed by atoms with Gasteiger partial charge in [-0.05, 0) is 20.3 Å². The topological polar surface area (TPSA) is 34.0 Å². The summed E-state index contributed by atoms with van der Waals surface area (Å²) < 4.78 is 5.04. The average Bonchev–Trinajstić information content (AvgIpc) is 2.04. The van der Waals surface area contributed by atoms with Gasteiger partial charge in [0.15, 0.2) is 0 Å². The fourth-order valence-electron chi connectivity index (χ4n) is 0.535. The third-order valence-corrected chi connectivity index (χ3v) is 1.35. The number of hydrogen-bond acceptors (Lipinski definition) is 3. The fraction of sp³-hybridized carbons (Fsp3) is 0.875. The lowest BCUT2D eigenvalue weighted by Crippen LogP contribution is -2.05. The van der Waals surface area contributed by atoms with Gasteiger partial charge in [-0.2, -0.15) is 0 Å². The highest BCUT2D eigenvalue weighted by Gasteiger charge is 1.95. The largest absolute Gasteiger partial charge is 0.382 e. The van der Waals surface area contributed by atoms with Crippen LogP contribution >= 0.6 is 0 Å². The highest BCUT2D eigenvalue weighted by molar-refractivity contribution is 5.40. The van der Waals surface area contributed by atoms with E-state index in [0.717, 1.165) is 19.5 Å². The van der Waals surface area contributed by atoms with Gasteiger partial charge in [0, 0.05) is 13.7 Å². The van der Waals surface area contributed by atoms with Crippen molar-refractivity contribution in [2.75, 3.05) is 20.2 Å². The van der Waals surface area contributed by atoms with Crippen LogP contribution in [0.2, 0.25) is 0 Å². The number of hydrogen-bond donors (Lipinski definition) is 0. The summed E-state index contributed by atoms with van der Waals surface area (Å²) in [5, 5.41) is 0. The fourth-order valence-corrected chi connectivity index (χ4v) is 0.535. The van der Waals surface area contributed by atoms with Crippen molar-refractivity contribution in [3.05, 3.63) is 0 Å². The number of ether oxygens (including phenoxy) is 1. The molecule has 0 aromatic heterocycles. The van der Waals surface area contributed by atoms with Crippen LogP contribution in [0.15, 0.2) is 9.98 Å². The normalized spacial score (nSPS) is 11.9. The van der Waals surface area contributed by atoms with Gasteiger partial charge in [0.05, 0.1) is 18.7 Å². The molecule has 1 atom stereocenters. The summed E-state index contributed by atoms with van der Waals surface area (Å²) in [6.07, 6.45) is 1.21. The smallest absolute Gasteiger partial charge is 0.0892 e. The molecule has 0 saturated heterocycles. The number of nitrogens with zero attached hydrogens (tertiary/aromatic N) is 2. The first-order valence-electron chi connectivity index (χ1n) is 3.92. The minimum atomic E-state index is 0.280. The molecule has 0 saturated carbocycles. The van der Waals surface area contributed by atoms with E-state index in [0.29, 0.717) is 0 Å². The zero-order valence-corrected chi connectivity index (χ0v) is 7.50. The van der Waals surface area contributed by atoms with Crippen LogP contribution in [0, 0.1) is 0 Å². The van der Waals surface area contributed by atoms with Crippen molar-refractivity contribution in [2.24, 2.45) is 9.98 Å². The molecule has 0 aliphatic rings. The molecule has 0 aromatic rings. The Hall–Kier alpha value is -0.660. The van der Waals surface area contributed by atoms with Crippen LogP contribution in [0.5, 0.6) is 0 Å². The quantitative estimate of drug-likeness (QED) is 0.557. The predicted octanol–water partition coefficient (Wildman–Crippen LogP) is 1.61. The second-order valence-electron chi connectivity index (χ2n) is 2.29. The van der Waals surface area contributed by atoms with Crippen LogP contribution in [0.4, 0.5) is 0 Å². The van der Waals surface area contributed by atoms with Crippen molar-refractivity contribution in [3.8, 4) is 0 Å². The van der Waals surface area contributed by atoms with E-state index in [4.69, 9.17) is 4.74 Å². The highest BCUT2D eigenvalue weighted by Crippen LogP contribution is 1.93. The minimum Gasteiger partial charge on any atom is -0.382 e. The van der Waals surface area contributed by atoms with E-state index >= 15 is 0 Å². The molecule has 0 aliphatic carbocycles. The number of methoxy groups -OCH3 is 1. The van der Waals surface area contributed by atoms with Crippen molar-refractivity contribution >= 4 is 6.01 Å². The van der Waals surface area contributed by atoms with Gasteiger partial charge in [0.1, 0.15) is 0 Å². The van der Waals surface area contributed by atoms with Crippen molar-refractivity contribution in [1.29, 1.82) is 0 Å². The SMILES string of the molecule is CCN=C=NCCC(C)OC. The standard InChI is InChI=1S/C8H16N2O/c1-4-9-7-10-6-5-8(2)11-3/h8H,4-6H2,1-3H3. The van der Waals surface area contributed by atoms with E-state index in [1.165, 1.54) is 0 Å². The third-order valence-electron chi connectivity index (χ3n) is 1.35. The maximum atomic E-state index is 5.04. The van der Waals surface area contributed by atoms with Crippen molar-refractivity contribution in [2.45, 2.75) is 26.4 Å². The number of aliphatic imine (C=N–C) groups is 2. The van der Waals surface area contributed by atoms with E-state index in [1.807, 2.05) is 13.8 Å². The average molecular weight is 156 g/mol. The number of rotatable bonds is 5. The second kappa shape index (κ2) is 7.45. The zero-order chi connectivity index (χ0) is 8.53. The van der Waals surface area contributed by atoms with Crippen LogP contribution in [-0.2, 0) is 4.74 Å². The highest BCUT2D eigenvalue weighted by atomic mass is 16.5. The van der Waals surface area contributed by atoms with E-state index in [-0.39, 0.29) is 6.10 Å². The van der Waals surface area contributed by atoms with Crippen molar-refractivity contribution in [3.63, 3.8) is 0 Å². The van der Waals surface area contributed by atoms with Crippen molar-refractivity contribution < 1.29 is 4.74 Å². The lowest BCUT2D eigenvalue weighted by molar-refractivity contribution is 0.113. The summed E-state index contributed by atoms with van der Waals surface area (Å²) in [6.45, 7) is 5.48. The first-order valence-corrected chi connectivity index (χ1v) is 3.92. The minimum absolute atomic E-state index is 0.280. The zero-order valence-electron chi connectivity index (χ0n) is 7.50. The predicted molar refractivity (Wildman–Crippen MR) is 46.4 cm³/mol. The van der Waals surface area contributed by atoms with Gasteiger partial charge in [-0.25, -0.2) is 9.98 Å². The Morgan fingerprint density at radius 3 is 2.73 bits per heavy atom. The maximum Gasteiger partial charge on any atom is 0.0892 e. The van der Waals surface area contributed by atoms with E-state index < -0.39 is 0 Å². The van der Waals surface area contributed by atoms with Gasteiger partial charge in [-0.1, -0.05) is 0 Å². The summed E-state index contributed by atoms with van der Waals surface area (Å²) in [5.41, 5.74) is 0. The van der Waals surface area contributed by atoms with E-state index in [1.54, 1.807) is 7.11 Å². The van der Waals surface area contributed by atoms with Crippen LogP contribution in [0.1, 0.15) is 20.3 Å². The molecule has 0 spiro atoms. The molecule has 0 rings (SSSR count). The Bertz CT molecular complexity index is 139. The van der Waals surface area contributed by atoms with Crippen LogP contribution in [0.25, 0.3) is 0 Å². The molecule has 0 amide bonds. The molecule has 0 fully saturated rings. The molecule has 0 aliphatic heterocycles. The molecule has 64 valence electrons. The summed E-state index contributed by atoms with van der Waals surface area (Å²) in [7, 11) is 1.70. The molecule has 3 nitrogen and oxygen atoms in total. The van der Waals surface area contributed by atoms with Gasteiger partial charge >= 0.3 is 0 Å². The molecule has 3 heteroatoms. The van der Waals surface area contributed by atoms with E-state index in [9.17, 15) is 0 Å². The summed E-state index contributed by atoms with van der Waals surface area (Å²) >= 11 is 0.